The largest absolute Gasteiger partial charge is 0.334 e. The maximum absolute atomic E-state index is 13.8. The molecule has 5 heteroatoms. The number of carbonyl (C=O) groups is 1. The van der Waals surface area contributed by atoms with Gasteiger partial charge in [-0.15, -0.1) is 11.6 Å². The van der Waals surface area contributed by atoms with Crippen LogP contribution in [0.2, 0.25) is 0 Å². The molecule has 20 heavy (non-hydrogen) atoms. The minimum absolute atomic E-state index is 0.0686. The number of hydrogen-bond donors (Lipinski definition) is 0. The molecule has 1 fully saturated rings. The van der Waals surface area contributed by atoms with Crippen LogP contribution >= 0.6 is 11.6 Å². The van der Waals surface area contributed by atoms with Crippen molar-refractivity contribution in [3.63, 3.8) is 0 Å². The second kappa shape index (κ2) is 6.53. The van der Waals surface area contributed by atoms with Crippen LogP contribution in [-0.2, 0) is 0 Å². The van der Waals surface area contributed by atoms with Crippen molar-refractivity contribution in [1.82, 2.24) is 4.90 Å². The third kappa shape index (κ3) is 3.11. The summed E-state index contributed by atoms with van der Waals surface area (Å²) in [6.07, 6.45) is 3.98. The predicted molar refractivity (Wildman–Crippen MR) is 75.1 cm³/mol. The molecule has 0 saturated heterocycles. The average molecular weight is 302 g/mol. The molecule has 0 aliphatic heterocycles. The molecule has 0 heterocycles. The minimum atomic E-state index is -0.810. The van der Waals surface area contributed by atoms with Gasteiger partial charge in [-0.1, -0.05) is 12.8 Å². The van der Waals surface area contributed by atoms with Crippen molar-refractivity contribution >= 4 is 17.5 Å². The normalized spacial score (nSPS) is 15.6. The molecule has 0 atom stereocenters. The Morgan fingerprint density at radius 3 is 2.55 bits per heavy atom. The molecule has 1 amide bonds. The second-order valence-corrected chi connectivity index (χ2v) is 5.59. The van der Waals surface area contributed by atoms with E-state index in [-0.39, 0.29) is 17.2 Å². The lowest BCUT2D eigenvalue weighted by atomic mass is 10.1. The van der Waals surface area contributed by atoms with Crippen LogP contribution < -0.4 is 0 Å². The fourth-order valence-electron chi connectivity index (χ4n) is 2.73. The van der Waals surface area contributed by atoms with Gasteiger partial charge in [-0.3, -0.25) is 4.79 Å². The van der Waals surface area contributed by atoms with Crippen LogP contribution in [0.25, 0.3) is 0 Å². The summed E-state index contributed by atoms with van der Waals surface area (Å²) in [7, 11) is 0. The molecule has 0 bridgehead atoms. The monoisotopic (exact) mass is 301 g/mol. The Balaban J connectivity index is 2.29. The van der Waals surface area contributed by atoms with E-state index in [1.54, 1.807) is 4.90 Å². The van der Waals surface area contributed by atoms with Crippen molar-refractivity contribution in [2.45, 2.75) is 38.6 Å². The van der Waals surface area contributed by atoms with Crippen molar-refractivity contribution in [2.24, 2.45) is 0 Å². The minimum Gasteiger partial charge on any atom is -0.334 e. The molecule has 1 aliphatic carbocycles. The molecular formula is C15H18ClF2NO. The lowest BCUT2D eigenvalue weighted by molar-refractivity contribution is 0.0690. The van der Waals surface area contributed by atoms with Crippen LogP contribution in [-0.4, -0.2) is 29.3 Å². The zero-order chi connectivity index (χ0) is 14.7. The number of amides is 1. The third-order valence-corrected chi connectivity index (χ3v) is 4.00. The Morgan fingerprint density at radius 1 is 1.30 bits per heavy atom. The number of aryl methyl sites for hydroxylation is 1. The van der Waals surface area contributed by atoms with Crippen molar-refractivity contribution in [2.75, 3.05) is 12.4 Å². The number of carbonyl (C=O) groups excluding carboxylic acids is 1. The van der Waals surface area contributed by atoms with Crippen LogP contribution in [0.3, 0.4) is 0 Å². The van der Waals surface area contributed by atoms with E-state index in [1.165, 1.54) is 13.0 Å². The first-order chi connectivity index (χ1) is 9.54. The van der Waals surface area contributed by atoms with E-state index in [1.807, 2.05) is 0 Å². The maximum Gasteiger partial charge on any atom is 0.257 e. The molecule has 110 valence electrons. The Labute approximate surface area is 122 Å². The van der Waals surface area contributed by atoms with Gasteiger partial charge in [0.05, 0.1) is 5.56 Å². The number of hydrogen-bond acceptors (Lipinski definition) is 1. The fraction of sp³-hybridized carbons (Fsp3) is 0.533. The number of benzene rings is 1. The van der Waals surface area contributed by atoms with Crippen molar-refractivity contribution in [3.05, 3.63) is 34.9 Å². The molecular weight excluding hydrogens is 284 g/mol. The summed E-state index contributed by atoms with van der Waals surface area (Å²) in [5, 5.41) is 0. The average Bonchev–Trinajstić information content (AvgIpc) is 2.93. The molecule has 1 aromatic carbocycles. The molecule has 1 aromatic rings. The van der Waals surface area contributed by atoms with Crippen molar-refractivity contribution in [3.8, 4) is 0 Å². The van der Waals surface area contributed by atoms with Gasteiger partial charge < -0.3 is 4.90 Å². The highest BCUT2D eigenvalue weighted by Crippen LogP contribution is 2.26. The van der Waals surface area contributed by atoms with E-state index in [0.29, 0.717) is 12.4 Å². The van der Waals surface area contributed by atoms with E-state index in [0.717, 1.165) is 31.7 Å². The topological polar surface area (TPSA) is 20.3 Å². The van der Waals surface area contributed by atoms with Gasteiger partial charge in [-0.05, 0) is 31.4 Å². The van der Waals surface area contributed by atoms with Gasteiger partial charge in [0.25, 0.3) is 5.91 Å². The molecule has 0 N–H and O–H groups in total. The first-order valence-corrected chi connectivity index (χ1v) is 7.40. The summed E-state index contributed by atoms with van der Waals surface area (Å²) >= 11 is 5.75. The van der Waals surface area contributed by atoms with Gasteiger partial charge in [-0.2, -0.15) is 0 Å². The summed E-state index contributed by atoms with van der Waals surface area (Å²) in [6, 6.07) is 2.17. The van der Waals surface area contributed by atoms with Gasteiger partial charge in [0.15, 0.2) is 0 Å². The standard InChI is InChI=1S/C15H18ClF2NO/c1-10-8-12(14(18)9-13(10)17)15(20)19(7-6-16)11-4-2-3-5-11/h8-9,11H,2-7H2,1H3. The maximum atomic E-state index is 13.8. The highest BCUT2D eigenvalue weighted by molar-refractivity contribution is 6.18. The van der Waals surface area contributed by atoms with E-state index in [2.05, 4.69) is 0 Å². The molecule has 0 aromatic heterocycles. The third-order valence-electron chi connectivity index (χ3n) is 3.83. The van der Waals surface area contributed by atoms with Gasteiger partial charge in [0.2, 0.25) is 0 Å². The Hall–Kier alpha value is -1.16. The SMILES string of the molecule is Cc1cc(C(=O)N(CCCl)C2CCCC2)c(F)cc1F. The first kappa shape index (κ1) is 15.2. The molecule has 2 nitrogen and oxygen atoms in total. The van der Waals surface area contributed by atoms with Gasteiger partial charge in [0.1, 0.15) is 11.6 Å². The number of rotatable bonds is 4. The number of nitrogens with zero attached hydrogens (tertiary/aromatic N) is 1. The van der Waals surface area contributed by atoms with Crippen molar-refractivity contribution in [1.29, 1.82) is 0 Å². The molecule has 1 saturated carbocycles. The Bertz CT molecular complexity index is 501. The van der Waals surface area contributed by atoms with E-state index in [4.69, 9.17) is 11.6 Å². The second-order valence-electron chi connectivity index (χ2n) is 5.21. The van der Waals surface area contributed by atoms with E-state index < -0.39 is 17.5 Å². The van der Waals surface area contributed by atoms with Crippen LogP contribution in [0.4, 0.5) is 8.78 Å². The molecule has 2 rings (SSSR count). The number of alkyl halides is 1. The number of halogens is 3. The van der Waals surface area contributed by atoms with E-state index in [9.17, 15) is 13.6 Å². The van der Waals surface area contributed by atoms with E-state index >= 15 is 0 Å². The zero-order valence-corrected chi connectivity index (χ0v) is 12.2. The lowest BCUT2D eigenvalue weighted by Gasteiger charge is -2.28. The smallest absolute Gasteiger partial charge is 0.257 e. The summed E-state index contributed by atoms with van der Waals surface area (Å²) in [5.41, 5.74) is 0.202. The highest BCUT2D eigenvalue weighted by Gasteiger charge is 2.28. The summed E-state index contributed by atoms with van der Waals surface area (Å²) < 4.78 is 27.1. The van der Waals surface area contributed by atoms with Crippen LogP contribution in [0.5, 0.6) is 0 Å². The van der Waals surface area contributed by atoms with Gasteiger partial charge in [-0.25, -0.2) is 8.78 Å². The Morgan fingerprint density at radius 2 is 1.95 bits per heavy atom. The zero-order valence-electron chi connectivity index (χ0n) is 11.5. The van der Waals surface area contributed by atoms with Crippen molar-refractivity contribution < 1.29 is 13.6 Å². The lowest BCUT2D eigenvalue weighted by Crippen LogP contribution is -2.40. The quantitative estimate of drug-likeness (QED) is 0.773. The van der Waals surface area contributed by atoms with Gasteiger partial charge >= 0.3 is 0 Å². The van der Waals surface area contributed by atoms with Crippen LogP contribution in [0.15, 0.2) is 12.1 Å². The predicted octanol–water partition coefficient (Wildman–Crippen LogP) is 3.90. The highest BCUT2D eigenvalue weighted by atomic mass is 35.5. The molecule has 0 unspecified atom stereocenters. The van der Waals surface area contributed by atoms with Crippen LogP contribution in [0, 0.1) is 18.6 Å². The molecule has 0 radical (unpaired) electrons. The van der Waals surface area contributed by atoms with Crippen LogP contribution in [0.1, 0.15) is 41.6 Å². The summed E-state index contributed by atoms with van der Waals surface area (Å²) in [4.78, 5) is 14.1. The fourth-order valence-corrected chi connectivity index (χ4v) is 2.91. The molecule has 0 spiro atoms. The first-order valence-electron chi connectivity index (χ1n) is 6.87. The van der Waals surface area contributed by atoms with Gasteiger partial charge in [0, 0.05) is 24.5 Å². The molecule has 1 aliphatic rings. The summed E-state index contributed by atoms with van der Waals surface area (Å²) in [5.74, 6) is -1.53. The summed E-state index contributed by atoms with van der Waals surface area (Å²) in [6.45, 7) is 1.91. The Kier molecular flexibility index (Phi) is 4.97.